The molecular weight excluding hydrogens is 296 g/mol. The van der Waals surface area contributed by atoms with E-state index in [1.54, 1.807) is 7.11 Å². The van der Waals surface area contributed by atoms with Gasteiger partial charge in [0.1, 0.15) is 5.75 Å². The van der Waals surface area contributed by atoms with Crippen LogP contribution in [-0.4, -0.2) is 18.6 Å². The second-order valence-corrected chi connectivity index (χ2v) is 6.38. The van der Waals surface area contributed by atoms with Gasteiger partial charge in [0.2, 0.25) is 0 Å². The highest BCUT2D eigenvalue weighted by Crippen LogP contribution is 2.38. The van der Waals surface area contributed by atoms with E-state index in [0.717, 1.165) is 42.7 Å². The number of ether oxygens (including phenoxy) is 1. The third-order valence-electron chi connectivity index (χ3n) is 4.72. The van der Waals surface area contributed by atoms with E-state index in [1.807, 2.05) is 0 Å². The zero-order valence-electron chi connectivity index (χ0n) is 14.8. The van der Waals surface area contributed by atoms with E-state index in [-0.39, 0.29) is 0 Å². The number of H-pyrrole nitrogens is 1. The summed E-state index contributed by atoms with van der Waals surface area (Å²) in [7, 11) is 1.74. The molecule has 126 valence electrons. The highest BCUT2D eigenvalue weighted by atomic mass is 16.5. The molecule has 0 amide bonds. The Bertz CT molecular complexity index is 848. The maximum absolute atomic E-state index is 5.70. The summed E-state index contributed by atoms with van der Waals surface area (Å²) in [5.41, 5.74) is 13.0. The molecule has 0 aliphatic carbocycles. The van der Waals surface area contributed by atoms with E-state index in [4.69, 9.17) is 10.5 Å². The summed E-state index contributed by atoms with van der Waals surface area (Å²) < 4.78 is 5.70. The molecule has 0 spiro atoms. The summed E-state index contributed by atoms with van der Waals surface area (Å²) in [6, 6.07) is 12.8. The van der Waals surface area contributed by atoms with Crippen molar-refractivity contribution in [3.8, 4) is 17.0 Å². The fraction of sp³-hybridized carbons (Fsp3) is 0.333. The smallest absolute Gasteiger partial charge is 0.131 e. The molecule has 3 N–H and O–H groups in total. The van der Waals surface area contributed by atoms with Gasteiger partial charge in [0, 0.05) is 16.5 Å². The highest BCUT2D eigenvalue weighted by Gasteiger charge is 2.17. The zero-order valence-corrected chi connectivity index (χ0v) is 14.8. The molecule has 0 fully saturated rings. The van der Waals surface area contributed by atoms with Crippen LogP contribution < -0.4 is 10.5 Å². The predicted molar refractivity (Wildman–Crippen MR) is 102 cm³/mol. The Balaban J connectivity index is 2.21. The average molecular weight is 322 g/mol. The molecule has 0 radical (unpaired) electrons. The molecule has 1 aromatic heterocycles. The van der Waals surface area contributed by atoms with Gasteiger partial charge < -0.3 is 15.5 Å². The first-order valence-electron chi connectivity index (χ1n) is 8.61. The minimum atomic E-state index is 0.741. The number of hydrogen-bond donors (Lipinski definition) is 2. The van der Waals surface area contributed by atoms with Gasteiger partial charge >= 0.3 is 0 Å². The average Bonchev–Trinajstić information content (AvgIpc) is 2.95. The van der Waals surface area contributed by atoms with Crippen LogP contribution in [0.15, 0.2) is 36.4 Å². The molecule has 2 aromatic carbocycles. The number of aromatic amines is 1. The number of benzene rings is 2. The summed E-state index contributed by atoms with van der Waals surface area (Å²) in [5, 5.41) is 1.31. The minimum Gasteiger partial charge on any atom is -0.496 e. The van der Waals surface area contributed by atoms with Crippen LogP contribution in [0.1, 0.15) is 29.5 Å². The Morgan fingerprint density at radius 2 is 1.75 bits per heavy atom. The van der Waals surface area contributed by atoms with Gasteiger partial charge in [-0.3, -0.25) is 0 Å². The van der Waals surface area contributed by atoms with Crippen LogP contribution in [0.25, 0.3) is 22.2 Å². The van der Waals surface area contributed by atoms with Crippen molar-refractivity contribution in [1.29, 1.82) is 0 Å². The molecule has 0 saturated heterocycles. The van der Waals surface area contributed by atoms with Crippen molar-refractivity contribution in [3.63, 3.8) is 0 Å². The quantitative estimate of drug-likeness (QED) is 0.644. The summed E-state index contributed by atoms with van der Waals surface area (Å²) >= 11 is 0. The third-order valence-corrected chi connectivity index (χ3v) is 4.72. The summed E-state index contributed by atoms with van der Waals surface area (Å²) in [6.07, 6.45) is 3.16. The Labute approximate surface area is 143 Å². The molecule has 0 unspecified atom stereocenters. The lowest BCUT2D eigenvalue weighted by molar-refractivity contribution is 0.413. The molecule has 0 atom stereocenters. The molecule has 3 aromatic rings. The van der Waals surface area contributed by atoms with Gasteiger partial charge in [0.15, 0.2) is 0 Å². The highest BCUT2D eigenvalue weighted by molar-refractivity contribution is 5.93. The van der Waals surface area contributed by atoms with E-state index in [2.05, 4.69) is 55.2 Å². The molecule has 0 saturated carbocycles. The topological polar surface area (TPSA) is 51.0 Å². The van der Waals surface area contributed by atoms with E-state index in [0.29, 0.717) is 0 Å². The van der Waals surface area contributed by atoms with E-state index >= 15 is 0 Å². The lowest BCUT2D eigenvalue weighted by atomic mass is 9.98. The number of aromatic nitrogens is 1. The molecule has 0 aliphatic heterocycles. The maximum atomic E-state index is 5.70. The van der Waals surface area contributed by atoms with Crippen molar-refractivity contribution in [2.45, 2.75) is 33.1 Å². The van der Waals surface area contributed by atoms with Gasteiger partial charge in [0.25, 0.3) is 0 Å². The molecule has 3 rings (SSSR count). The first-order valence-corrected chi connectivity index (χ1v) is 8.61. The van der Waals surface area contributed by atoms with Gasteiger partial charge in [-0.15, -0.1) is 0 Å². The number of para-hydroxylation sites is 2. The van der Waals surface area contributed by atoms with E-state index in [9.17, 15) is 0 Å². The Kier molecular flexibility index (Phi) is 4.91. The van der Waals surface area contributed by atoms with Gasteiger partial charge in [-0.05, 0) is 62.4 Å². The van der Waals surface area contributed by atoms with Gasteiger partial charge in [-0.25, -0.2) is 0 Å². The van der Waals surface area contributed by atoms with E-state index in [1.165, 1.54) is 27.7 Å². The lowest BCUT2D eigenvalue weighted by Gasteiger charge is -2.12. The number of aryl methyl sites for hydroxylation is 3. The number of hydrogen-bond acceptors (Lipinski definition) is 2. The minimum absolute atomic E-state index is 0.741. The monoisotopic (exact) mass is 322 g/mol. The van der Waals surface area contributed by atoms with Crippen molar-refractivity contribution in [1.82, 2.24) is 4.98 Å². The van der Waals surface area contributed by atoms with Crippen molar-refractivity contribution >= 4 is 10.9 Å². The summed E-state index contributed by atoms with van der Waals surface area (Å²) in [5.74, 6) is 0.946. The van der Waals surface area contributed by atoms with Crippen LogP contribution >= 0.6 is 0 Å². The van der Waals surface area contributed by atoms with Crippen LogP contribution in [-0.2, 0) is 6.42 Å². The van der Waals surface area contributed by atoms with Crippen LogP contribution in [0.4, 0.5) is 0 Å². The van der Waals surface area contributed by atoms with E-state index < -0.39 is 0 Å². The fourth-order valence-corrected chi connectivity index (χ4v) is 3.48. The normalized spacial score (nSPS) is 11.2. The summed E-state index contributed by atoms with van der Waals surface area (Å²) in [4.78, 5) is 3.67. The number of methoxy groups -OCH3 is 1. The Morgan fingerprint density at radius 3 is 2.50 bits per heavy atom. The first-order chi connectivity index (χ1) is 11.7. The number of nitrogens with two attached hydrogens (primary N) is 1. The van der Waals surface area contributed by atoms with Crippen molar-refractivity contribution in [2.24, 2.45) is 5.73 Å². The largest absolute Gasteiger partial charge is 0.496 e. The zero-order chi connectivity index (χ0) is 17.1. The van der Waals surface area contributed by atoms with Crippen LogP contribution in [0, 0.1) is 13.8 Å². The molecule has 0 aliphatic rings. The van der Waals surface area contributed by atoms with Crippen molar-refractivity contribution in [2.75, 3.05) is 13.7 Å². The van der Waals surface area contributed by atoms with Crippen LogP contribution in [0.3, 0.4) is 0 Å². The van der Waals surface area contributed by atoms with Gasteiger partial charge in [-0.2, -0.15) is 0 Å². The third kappa shape index (κ3) is 2.92. The number of rotatable bonds is 6. The van der Waals surface area contributed by atoms with Crippen LogP contribution in [0.5, 0.6) is 5.75 Å². The fourth-order valence-electron chi connectivity index (χ4n) is 3.48. The SMILES string of the molecule is COc1c(C)cccc1-c1[nH]c2c(C)cccc2c1CCCCN. The molecule has 3 nitrogen and oxygen atoms in total. The second kappa shape index (κ2) is 7.10. The molecule has 3 heteroatoms. The Hall–Kier alpha value is -2.26. The number of fused-ring (bicyclic) bond motifs is 1. The first kappa shape index (κ1) is 16.6. The van der Waals surface area contributed by atoms with Crippen LogP contribution in [0.2, 0.25) is 0 Å². The lowest BCUT2D eigenvalue weighted by Crippen LogP contribution is -1.99. The summed E-state index contributed by atoms with van der Waals surface area (Å²) in [6.45, 7) is 4.98. The predicted octanol–water partition coefficient (Wildman–Crippen LogP) is 4.74. The van der Waals surface area contributed by atoms with Crippen molar-refractivity contribution in [3.05, 3.63) is 53.1 Å². The van der Waals surface area contributed by atoms with Crippen molar-refractivity contribution < 1.29 is 4.74 Å². The van der Waals surface area contributed by atoms with Gasteiger partial charge in [-0.1, -0.05) is 30.3 Å². The number of nitrogens with one attached hydrogen (secondary N) is 1. The molecule has 1 heterocycles. The Morgan fingerprint density at radius 1 is 1.00 bits per heavy atom. The standard InChI is InChI=1S/C21H26N2O/c1-14-8-6-11-16-17(10-4-5-13-22)20(23-19(14)16)18-12-7-9-15(2)21(18)24-3/h6-9,11-12,23H,4-5,10,13,22H2,1-3H3. The molecular formula is C21H26N2O. The molecule has 0 bridgehead atoms. The van der Waals surface area contributed by atoms with Gasteiger partial charge in [0.05, 0.1) is 12.8 Å². The second-order valence-electron chi connectivity index (χ2n) is 6.38. The number of unbranched alkanes of at least 4 members (excludes halogenated alkanes) is 1. The molecule has 24 heavy (non-hydrogen) atoms. The maximum Gasteiger partial charge on any atom is 0.131 e.